The van der Waals surface area contributed by atoms with Crippen LogP contribution in [-0.2, 0) is 0 Å². The van der Waals surface area contributed by atoms with Crippen LogP contribution in [-0.4, -0.2) is 36.1 Å². The lowest BCUT2D eigenvalue weighted by Gasteiger charge is -2.33. The molecule has 25 heavy (non-hydrogen) atoms. The van der Waals surface area contributed by atoms with Gasteiger partial charge in [-0.3, -0.25) is 0 Å². The zero-order valence-electron chi connectivity index (χ0n) is 14.5. The van der Waals surface area contributed by atoms with Crippen molar-refractivity contribution in [3.05, 3.63) is 52.2 Å². The molecular formula is C19H24N2O3S. The van der Waals surface area contributed by atoms with E-state index in [4.69, 9.17) is 10.00 Å². The largest absolute Gasteiger partial charge is 0.489 e. The van der Waals surface area contributed by atoms with Crippen molar-refractivity contribution in [2.45, 2.75) is 26.0 Å². The molecule has 1 aromatic carbocycles. The van der Waals surface area contributed by atoms with E-state index in [0.717, 1.165) is 4.88 Å². The molecule has 0 radical (unpaired) electrons. The van der Waals surface area contributed by atoms with Crippen LogP contribution in [0.1, 0.15) is 30.3 Å². The van der Waals surface area contributed by atoms with Gasteiger partial charge in [-0.15, -0.1) is 11.3 Å². The number of nitriles is 1. The Morgan fingerprint density at radius 2 is 2.04 bits per heavy atom. The van der Waals surface area contributed by atoms with Gasteiger partial charge in [-0.1, -0.05) is 32.0 Å². The van der Waals surface area contributed by atoms with Gasteiger partial charge in [-0.25, -0.2) is 0 Å². The lowest BCUT2D eigenvalue weighted by Crippen LogP contribution is -2.41. The van der Waals surface area contributed by atoms with Crippen LogP contribution in [0.15, 0.2) is 41.8 Å². The summed E-state index contributed by atoms with van der Waals surface area (Å²) < 4.78 is 5.57. The van der Waals surface area contributed by atoms with Gasteiger partial charge in [-0.2, -0.15) is 5.26 Å². The summed E-state index contributed by atoms with van der Waals surface area (Å²) in [5, 5.41) is 34.3. The highest BCUT2D eigenvalue weighted by molar-refractivity contribution is 7.10. The quantitative estimate of drug-likeness (QED) is 0.640. The van der Waals surface area contributed by atoms with E-state index in [1.807, 2.05) is 31.4 Å². The van der Waals surface area contributed by atoms with Gasteiger partial charge in [-0.05, 0) is 23.6 Å². The first-order valence-electron chi connectivity index (χ1n) is 8.15. The molecule has 0 aliphatic rings. The van der Waals surface area contributed by atoms with Crippen molar-refractivity contribution in [2.24, 2.45) is 5.41 Å². The number of para-hydroxylation sites is 1. The first-order valence-corrected chi connectivity index (χ1v) is 9.03. The number of benzene rings is 1. The van der Waals surface area contributed by atoms with Crippen LogP contribution in [0.2, 0.25) is 0 Å². The molecule has 2 unspecified atom stereocenters. The zero-order chi connectivity index (χ0) is 18.3. The Balaban J connectivity index is 1.93. The van der Waals surface area contributed by atoms with Gasteiger partial charge >= 0.3 is 0 Å². The monoisotopic (exact) mass is 360 g/mol. The second kappa shape index (κ2) is 8.97. The van der Waals surface area contributed by atoms with E-state index in [0.29, 0.717) is 17.9 Å². The molecule has 5 nitrogen and oxygen atoms in total. The van der Waals surface area contributed by atoms with Crippen LogP contribution in [0.3, 0.4) is 0 Å². The van der Waals surface area contributed by atoms with Gasteiger partial charge in [0.1, 0.15) is 24.5 Å². The predicted octanol–water partition coefficient (Wildman–Crippen LogP) is 2.71. The third kappa shape index (κ3) is 5.28. The van der Waals surface area contributed by atoms with Crippen molar-refractivity contribution in [1.29, 1.82) is 5.26 Å². The summed E-state index contributed by atoms with van der Waals surface area (Å²) in [5.41, 5.74) is 0.0827. The van der Waals surface area contributed by atoms with Gasteiger partial charge in [0.25, 0.3) is 0 Å². The van der Waals surface area contributed by atoms with Gasteiger partial charge < -0.3 is 20.3 Å². The number of ether oxygens (including phenoxy) is 1. The third-order valence-electron chi connectivity index (χ3n) is 4.01. The van der Waals surface area contributed by atoms with Gasteiger partial charge in [0.2, 0.25) is 0 Å². The van der Waals surface area contributed by atoms with Crippen LogP contribution < -0.4 is 10.1 Å². The number of nitrogens with one attached hydrogen (secondary N) is 1. The molecule has 0 bridgehead atoms. The first-order chi connectivity index (χ1) is 12.0. The number of rotatable bonds is 9. The molecule has 0 amide bonds. The van der Waals surface area contributed by atoms with Crippen LogP contribution in [0.5, 0.6) is 5.75 Å². The molecule has 0 aliphatic carbocycles. The second-order valence-electron chi connectivity index (χ2n) is 6.58. The molecule has 0 saturated heterocycles. The predicted molar refractivity (Wildman–Crippen MR) is 98.6 cm³/mol. The summed E-state index contributed by atoms with van der Waals surface area (Å²) in [5.74, 6) is 0.467. The third-order valence-corrected chi connectivity index (χ3v) is 4.95. The van der Waals surface area contributed by atoms with Crippen molar-refractivity contribution >= 4 is 11.3 Å². The molecule has 0 spiro atoms. The summed E-state index contributed by atoms with van der Waals surface area (Å²) in [6.45, 7) is 4.40. The Morgan fingerprint density at radius 1 is 1.28 bits per heavy atom. The number of hydrogen-bond acceptors (Lipinski definition) is 6. The minimum absolute atomic E-state index is 0.0324. The minimum atomic E-state index is -0.733. The molecule has 2 aromatic rings. The number of nitrogens with zero attached hydrogens (tertiary/aromatic N) is 1. The topological polar surface area (TPSA) is 85.5 Å². The summed E-state index contributed by atoms with van der Waals surface area (Å²) in [6, 6.07) is 12.9. The smallest absolute Gasteiger partial charge is 0.137 e. The number of hydrogen-bond donors (Lipinski definition) is 3. The molecule has 0 saturated carbocycles. The van der Waals surface area contributed by atoms with Crippen LogP contribution in [0.4, 0.5) is 0 Å². The van der Waals surface area contributed by atoms with E-state index < -0.39 is 6.10 Å². The average Bonchev–Trinajstić information content (AvgIpc) is 3.14. The Morgan fingerprint density at radius 3 is 2.68 bits per heavy atom. The SMILES string of the molecule is CC(C)(CO)C(NCC(O)COc1ccccc1C#N)c1cccs1. The summed E-state index contributed by atoms with van der Waals surface area (Å²) in [4.78, 5) is 1.11. The Kier molecular flexibility index (Phi) is 6.97. The maximum absolute atomic E-state index is 10.2. The molecule has 6 heteroatoms. The average molecular weight is 360 g/mol. The number of aliphatic hydroxyl groups is 2. The Labute approximate surface area is 152 Å². The second-order valence-corrected chi connectivity index (χ2v) is 7.56. The van der Waals surface area contributed by atoms with Gasteiger partial charge in [0.15, 0.2) is 0 Å². The van der Waals surface area contributed by atoms with Gasteiger partial charge in [0.05, 0.1) is 12.2 Å². The summed E-state index contributed by atoms with van der Waals surface area (Å²) in [7, 11) is 0. The highest BCUT2D eigenvalue weighted by atomic mass is 32.1. The minimum Gasteiger partial charge on any atom is -0.489 e. The van der Waals surface area contributed by atoms with E-state index in [1.54, 1.807) is 35.6 Å². The maximum Gasteiger partial charge on any atom is 0.137 e. The molecule has 3 N–H and O–H groups in total. The van der Waals surface area contributed by atoms with Crippen molar-refractivity contribution in [1.82, 2.24) is 5.32 Å². The highest BCUT2D eigenvalue weighted by Crippen LogP contribution is 2.35. The molecule has 0 fully saturated rings. The van der Waals surface area contributed by atoms with Crippen molar-refractivity contribution in [3.8, 4) is 11.8 Å². The van der Waals surface area contributed by atoms with E-state index in [1.165, 1.54) is 0 Å². The van der Waals surface area contributed by atoms with E-state index in [-0.39, 0.29) is 24.7 Å². The van der Waals surface area contributed by atoms with E-state index >= 15 is 0 Å². The number of aliphatic hydroxyl groups excluding tert-OH is 2. The fourth-order valence-electron chi connectivity index (χ4n) is 2.49. The molecular weight excluding hydrogens is 336 g/mol. The Bertz CT molecular complexity index is 695. The van der Waals surface area contributed by atoms with Crippen LogP contribution in [0.25, 0.3) is 0 Å². The van der Waals surface area contributed by atoms with Gasteiger partial charge in [0, 0.05) is 22.9 Å². The molecule has 1 heterocycles. The standard InChI is InChI=1S/C19H24N2O3S/c1-19(2,13-22)18(17-8-5-9-25-17)21-11-15(23)12-24-16-7-4-3-6-14(16)10-20/h3-9,15,18,21-23H,11-13H2,1-2H3. The Hall–Kier alpha value is -1.91. The van der Waals surface area contributed by atoms with Crippen molar-refractivity contribution < 1.29 is 14.9 Å². The fourth-order valence-corrected chi connectivity index (χ4v) is 3.50. The van der Waals surface area contributed by atoms with Crippen molar-refractivity contribution in [2.75, 3.05) is 19.8 Å². The van der Waals surface area contributed by atoms with E-state index in [2.05, 4.69) is 11.4 Å². The normalized spacial score (nSPS) is 13.9. The zero-order valence-corrected chi connectivity index (χ0v) is 15.3. The number of thiophene rings is 1. The van der Waals surface area contributed by atoms with E-state index in [9.17, 15) is 10.2 Å². The lowest BCUT2D eigenvalue weighted by molar-refractivity contribution is 0.0803. The lowest BCUT2D eigenvalue weighted by atomic mass is 9.84. The highest BCUT2D eigenvalue weighted by Gasteiger charge is 2.31. The summed E-state index contributed by atoms with van der Waals surface area (Å²) >= 11 is 1.62. The molecule has 1 aromatic heterocycles. The maximum atomic E-state index is 10.2. The first kappa shape index (κ1) is 19.4. The van der Waals surface area contributed by atoms with Crippen LogP contribution >= 0.6 is 11.3 Å². The summed E-state index contributed by atoms with van der Waals surface area (Å²) in [6.07, 6.45) is -0.733. The molecule has 2 rings (SSSR count). The van der Waals surface area contributed by atoms with Crippen molar-refractivity contribution in [3.63, 3.8) is 0 Å². The molecule has 2 atom stereocenters. The van der Waals surface area contributed by atoms with Crippen LogP contribution in [0, 0.1) is 16.7 Å². The molecule has 134 valence electrons. The fraction of sp³-hybridized carbons (Fsp3) is 0.421. The molecule has 0 aliphatic heterocycles.